The van der Waals surface area contributed by atoms with Crippen LogP contribution in [0.1, 0.15) is 111 Å². The smallest absolute Gasteiger partial charge is 0.391 e. The van der Waals surface area contributed by atoms with E-state index >= 15 is 0 Å². The van der Waals surface area contributed by atoms with E-state index in [0.29, 0.717) is 11.1 Å². The van der Waals surface area contributed by atoms with E-state index in [1.54, 1.807) is 45.0 Å². The molecule has 0 aliphatic carbocycles. The van der Waals surface area contributed by atoms with E-state index < -0.39 is 163 Å². The zero-order valence-electron chi connectivity index (χ0n) is 39.5. The molecule has 21 nitrogen and oxygen atoms in total. The van der Waals surface area contributed by atoms with Gasteiger partial charge in [-0.1, -0.05) is 58.9 Å². The van der Waals surface area contributed by atoms with Crippen molar-refractivity contribution in [2.45, 2.75) is 162 Å². The zero-order chi connectivity index (χ0) is 52.5. The lowest BCUT2D eigenvalue weighted by atomic mass is 9.85. The van der Waals surface area contributed by atoms with Crippen LogP contribution in [0.4, 0.5) is 13.2 Å². The minimum absolute atomic E-state index is 0.196. The van der Waals surface area contributed by atoms with Gasteiger partial charge in [-0.05, 0) is 63.0 Å². The normalized spacial score (nSPS) is 14.4. The molecular weight excluding hydrogens is 908 g/mol. The average Bonchev–Trinajstić information content (AvgIpc) is 3.17. The van der Waals surface area contributed by atoms with E-state index in [9.17, 15) is 76.1 Å². The number of aliphatic carboxylic acids is 3. The number of Topliss-reactive ketones (excluding diaryl/α,β-unsaturated/α-hetero) is 1. The number of carboxylic acids is 3. The Kier molecular flexibility index (Phi) is 22.8. The van der Waals surface area contributed by atoms with Crippen LogP contribution in [0, 0.1) is 18.3 Å². The van der Waals surface area contributed by atoms with Crippen LogP contribution >= 0.6 is 0 Å². The maximum Gasteiger partial charge on any atom is 0.391 e. The predicted octanol–water partition coefficient (Wildman–Crippen LogP) is 1.18. The van der Waals surface area contributed by atoms with Gasteiger partial charge in [-0.15, -0.1) is 0 Å². The van der Waals surface area contributed by atoms with Crippen molar-refractivity contribution in [3.05, 3.63) is 35.4 Å². The first kappa shape index (κ1) is 59.4. The van der Waals surface area contributed by atoms with Gasteiger partial charge in [0.1, 0.15) is 36.3 Å². The second-order valence-electron chi connectivity index (χ2n) is 18.7. The Morgan fingerprint density at radius 1 is 0.588 bits per heavy atom. The fourth-order valence-electron chi connectivity index (χ4n) is 6.37. The standard InChI is InChI=1S/C44H64F3N7O14/c1-22(2)18-26(37(64)52-29(21-44(45,46)47)34(62)40(67)54-43(7,8)9)51-41(68)35(42(4,5)6)53-39(66)27(19-24-13-11-10-12-23(24)3)50-36(63)25(14-16-31(56)57)49-38(65)28(20-33(60)61)48-30(55)15-17-32(58)59/h10-13,22,25-29,35H,14-21H2,1-9H3,(H,48,55)(H,49,65)(H,50,63)(H,51,68)(H,52,64)(H,53,66)(H,54,67)(H,56,57)(H,58,59)(H,60,61)/t25-,26-,27-,28-,29?,35+/m0/s1. The molecule has 24 heteroatoms. The van der Waals surface area contributed by atoms with Crippen LogP contribution in [-0.4, -0.2) is 128 Å². The van der Waals surface area contributed by atoms with Crippen LogP contribution in [0.25, 0.3) is 0 Å². The molecule has 0 spiro atoms. The van der Waals surface area contributed by atoms with Crippen molar-refractivity contribution in [3.63, 3.8) is 0 Å². The van der Waals surface area contributed by atoms with E-state index in [-0.39, 0.29) is 12.8 Å². The third-order valence-corrected chi connectivity index (χ3v) is 9.73. The number of amides is 7. The number of hydrogen-bond donors (Lipinski definition) is 10. The van der Waals surface area contributed by atoms with Gasteiger partial charge in [0.05, 0.1) is 19.3 Å². The molecule has 1 aromatic rings. The largest absolute Gasteiger partial charge is 0.481 e. The first-order valence-electron chi connectivity index (χ1n) is 21.5. The van der Waals surface area contributed by atoms with Crippen molar-refractivity contribution >= 4 is 65.0 Å². The molecule has 0 aliphatic heterocycles. The molecule has 0 saturated carbocycles. The van der Waals surface area contributed by atoms with Crippen molar-refractivity contribution in [2.75, 3.05) is 0 Å². The molecule has 10 N–H and O–H groups in total. The molecule has 1 rings (SSSR count). The number of carbonyl (C=O) groups excluding carboxylic acids is 8. The number of aryl methyl sites for hydroxylation is 1. The lowest BCUT2D eigenvalue weighted by Crippen LogP contribution is -2.62. The third-order valence-electron chi connectivity index (χ3n) is 9.73. The Hall–Kier alpha value is -6.62. The summed E-state index contributed by atoms with van der Waals surface area (Å²) < 4.78 is 41.0. The summed E-state index contributed by atoms with van der Waals surface area (Å²) in [7, 11) is 0. The Balaban J connectivity index is 3.65. The number of alkyl halides is 3. The van der Waals surface area contributed by atoms with Crippen molar-refractivity contribution < 1.29 is 81.2 Å². The number of hydrogen-bond acceptors (Lipinski definition) is 11. The zero-order valence-corrected chi connectivity index (χ0v) is 39.5. The van der Waals surface area contributed by atoms with Crippen LogP contribution in [0.5, 0.6) is 0 Å². The van der Waals surface area contributed by atoms with Gasteiger partial charge in [0.2, 0.25) is 41.2 Å². The Labute approximate surface area is 391 Å². The Bertz CT molecular complexity index is 2030. The van der Waals surface area contributed by atoms with Crippen LogP contribution in [0.3, 0.4) is 0 Å². The number of carbonyl (C=O) groups is 11. The minimum atomic E-state index is -5.02. The van der Waals surface area contributed by atoms with Gasteiger partial charge in [0.25, 0.3) is 5.91 Å². The van der Waals surface area contributed by atoms with Crippen LogP contribution in [0.15, 0.2) is 24.3 Å². The highest BCUT2D eigenvalue weighted by atomic mass is 19.4. The fourth-order valence-corrected chi connectivity index (χ4v) is 6.37. The first-order chi connectivity index (χ1) is 31.1. The van der Waals surface area contributed by atoms with Crippen molar-refractivity contribution in [1.82, 2.24) is 37.2 Å². The number of halogens is 3. The molecule has 1 unspecified atom stereocenters. The summed E-state index contributed by atoms with van der Waals surface area (Å²) in [6.45, 7) is 13.9. The van der Waals surface area contributed by atoms with Gasteiger partial charge >= 0.3 is 24.1 Å². The molecule has 68 heavy (non-hydrogen) atoms. The molecule has 0 fully saturated rings. The van der Waals surface area contributed by atoms with Gasteiger partial charge in [-0.3, -0.25) is 52.7 Å². The average molecular weight is 972 g/mol. The number of carboxylic acid groups (broad SMARTS) is 3. The highest BCUT2D eigenvalue weighted by molar-refractivity contribution is 6.38. The van der Waals surface area contributed by atoms with Crippen LogP contribution in [0.2, 0.25) is 0 Å². The van der Waals surface area contributed by atoms with Gasteiger partial charge < -0.3 is 52.5 Å². The lowest BCUT2D eigenvalue weighted by molar-refractivity contribution is -0.154. The molecule has 0 bridgehead atoms. The van der Waals surface area contributed by atoms with Gasteiger partial charge in [-0.25, -0.2) is 0 Å². The summed E-state index contributed by atoms with van der Waals surface area (Å²) in [5.41, 5.74) is -1.10. The third kappa shape index (κ3) is 22.7. The molecular formula is C44H64F3N7O14. The molecule has 0 radical (unpaired) electrons. The van der Waals surface area contributed by atoms with Crippen LogP contribution in [-0.2, 0) is 59.2 Å². The van der Waals surface area contributed by atoms with Crippen LogP contribution < -0.4 is 37.2 Å². The van der Waals surface area contributed by atoms with Crippen molar-refractivity contribution in [1.29, 1.82) is 0 Å². The molecule has 0 aliphatic rings. The van der Waals surface area contributed by atoms with Gasteiger partial charge in [0, 0.05) is 24.8 Å². The van der Waals surface area contributed by atoms with E-state index in [4.69, 9.17) is 5.11 Å². The van der Waals surface area contributed by atoms with E-state index in [1.165, 1.54) is 41.5 Å². The highest BCUT2D eigenvalue weighted by Gasteiger charge is 2.42. The molecule has 0 aromatic heterocycles. The quantitative estimate of drug-likeness (QED) is 0.0584. The number of ketones is 1. The van der Waals surface area contributed by atoms with E-state index in [2.05, 4.69) is 31.9 Å². The van der Waals surface area contributed by atoms with E-state index in [1.807, 2.05) is 5.32 Å². The topological polar surface area (TPSA) is 333 Å². The Morgan fingerprint density at radius 2 is 1.09 bits per heavy atom. The van der Waals surface area contributed by atoms with Crippen molar-refractivity contribution in [2.24, 2.45) is 11.3 Å². The summed E-state index contributed by atoms with van der Waals surface area (Å²) in [5, 5.41) is 43.7. The molecule has 1 aromatic carbocycles. The maximum absolute atomic E-state index is 14.3. The molecule has 380 valence electrons. The highest BCUT2D eigenvalue weighted by Crippen LogP contribution is 2.24. The molecule has 0 heterocycles. The summed E-state index contributed by atoms with van der Waals surface area (Å²) in [6, 6.07) is -4.23. The number of nitrogens with one attached hydrogen (secondary N) is 7. The first-order valence-corrected chi connectivity index (χ1v) is 21.5. The molecule has 7 amide bonds. The molecule has 6 atom stereocenters. The second-order valence-corrected chi connectivity index (χ2v) is 18.7. The minimum Gasteiger partial charge on any atom is -0.481 e. The van der Waals surface area contributed by atoms with E-state index in [0.717, 1.165) is 0 Å². The summed E-state index contributed by atoms with van der Waals surface area (Å²) in [5.74, 6) is -14.5. The summed E-state index contributed by atoms with van der Waals surface area (Å²) >= 11 is 0. The Morgan fingerprint density at radius 3 is 1.59 bits per heavy atom. The van der Waals surface area contributed by atoms with Gasteiger partial charge in [-0.2, -0.15) is 13.2 Å². The summed E-state index contributed by atoms with van der Waals surface area (Å²) in [6.07, 6.45) is -11.1. The van der Waals surface area contributed by atoms with Crippen molar-refractivity contribution in [3.8, 4) is 0 Å². The van der Waals surface area contributed by atoms with Gasteiger partial charge in [0.15, 0.2) is 0 Å². The summed E-state index contributed by atoms with van der Waals surface area (Å²) in [4.78, 5) is 142. The number of rotatable bonds is 26. The molecule has 0 saturated heterocycles. The maximum atomic E-state index is 14.3. The predicted molar refractivity (Wildman–Crippen MR) is 235 cm³/mol. The SMILES string of the molecule is Cc1ccccc1C[C@H](NC(=O)[C@H](CCC(=O)O)NC(=O)[C@H](CC(=O)O)NC(=O)CCC(=O)O)C(=O)N[C@H](C(=O)N[C@@H](CC(C)C)C(=O)NC(CC(F)(F)F)C(=O)C(=O)NC(C)(C)C)C(C)(C)C. The monoisotopic (exact) mass is 971 g/mol. The second kappa shape index (κ2) is 26.1. The fraction of sp³-hybridized carbons (Fsp3) is 0.614. The lowest BCUT2D eigenvalue weighted by Gasteiger charge is -2.34. The number of benzene rings is 1.